The van der Waals surface area contributed by atoms with E-state index in [1.807, 2.05) is 19.9 Å². The molecule has 2 rings (SSSR count). The SMILES string of the molecule is COC(=O)NCc1cnn2c(C)cc(C)nc12. The van der Waals surface area contributed by atoms with Crippen LogP contribution in [0.25, 0.3) is 5.65 Å². The van der Waals surface area contributed by atoms with Crippen molar-refractivity contribution in [1.29, 1.82) is 0 Å². The second-order valence-electron chi connectivity index (χ2n) is 3.79. The summed E-state index contributed by atoms with van der Waals surface area (Å²) >= 11 is 0. The van der Waals surface area contributed by atoms with Crippen LogP contribution >= 0.6 is 0 Å². The Hall–Kier alpha value is -2.11. The van der Waals surface area contributed by atoms with Crippen LogP contribution in [0.2, 0.25) is 0 Å². The fourth-order valence-electron chi connectivity index (χ4n) is 1.68. The highest BCUT2D eigenvalue weighted by atomic mass is 16.5. The van der Waals surface area contributed by atoms with Gasteiger partial charge in [0.25, 0.3) is 0 Å². The number of nitrogens with zero attached hydrogens (tertiary/aromatic N) is 3. The molecule has 1 amide bonds. The minimum Gasteiger partial charge on any atom is -0.453 e. The van der Waals surface area contributed by atoms with Crippen molar-refractivity contribution in [3.63, 3.8) is 0 Å². The summed E-state index contributed by atoms with van der Waals surface area (Å²) in [6, 6.07) is 1.96. The third-order valence-corrected chi connectivity index (χ3v) is 2.46. The lowest BCUT2D eigenvalue weighted by Crippen LogP contribution is -2.22. The van der Waals surface area contributed by atoms with Gasteiger partial charge in [0, 0.05) is 17.0 Å². The van der Waals surface area contributed by atoms with Crippen molar-refractivity contribution in [1.82, 2.24) is 19.9 Å². The predicted molar refractivity (Wildman–Crippen MR) is 61.7 cm³/mol. The van der Waals surface area contributed by atoms with E-state index >= 15 is 0 Å². The fourth-order valence-corrected chi connectivity index (χ4v) is 1.68. The Balaban J connectivity index is 2.32. The van der Waals surface area contributed by atoms with Gasteiger partial charge in [0.2, 0.25) is 0 Å². The highest BCUT2D eigenvalue weighted by molar-refractivity contribution is 5.67. The first-order valence-electron chi connectivity index (χ1n) is 5.24. The topological polar surface area (TPSA) is 68.5 Å². The average molecular weight is 234 g/mol. The molecule has 0 atom stereocenters. The van der Waals surface area contributed by atoms with Gasteiger partial charge in [-0.3, -0.25) is 0 Å². The van der Waals surface area contributed by atoms with Gasteiger partial charge in [-0.05, 0) is 19.9 Å². The molecule has 6 nitrogen and oxygen atoms in total. The summed E-state index contributed by atoms with van der Waals surface area (Å²) < 4.78 is 6.26. The molecule has 0 aliphatic carbocycles. The largest absolute Gasteiger partial charge is 0.453 e. The molecule has 90 valence electrons. The lowest BCUT2D eigenvalue weighted by Gasteiger charge is -2.03. The van der Waals surface area contributed by atoms with Crippen molar-refractivity contribution in [2.45, 2.75) is 20.4 Å². The molecule has 0 aliphatic rings. The summed E-state index contributed by atoms with van der Waals surface area (Å²) in [6.45, 7) is 4.25. The van der Waals surface area contributed by atoms with Crippen LogP contribution in [0.4, 0.5) is 4.79 Å². The molecule has 0 unspecified atom stereocenters. The second kappa shape index (κ2) is 4.40. The summed E-state index contributed by atoms with van der Waals surface area (Å²) in [7, 11) is 1.33. The summed E-state index contributed by atoms with van der Waals surface area (Å²) in [5, 5.41) is 6.84. The summed E-state index contributed by atoms with van der Waals surface area (Å²) in [5.41, 5.74) is 3.56. The van der Waals surface area contributed by atoms with Crippen LogP contribution in [0, 0.1) is 13.8 Å². The monoisotopic (exact) mass is 234 g/mol. The van der Waals surface area contributed by atoms with Crippen LogP contribution in [0.5, 0.6) is 0 Å². The Labute approximate surface area is 98.6 Å². The number of hydrogen-bond acceptors (Lipinski definition) is 4. The number of carbonyl (C=O) groups excluding carboxylic acids is 1. The molecule has 0 aromatic carbocycles. The van der Waals surface area contributed by atoms with E-state index in [2.05, 4.69) is 20.1 Å². The third kappa shape index (κ3) is 2.20. The molecule has 2 heterocycles. The standard InChI is InChI=1S/C11H14N4O2/c1-7-4-8(2)15-10(14-7)9(6-13-15)5-12-11(16)17-3/h4,6H,5H2,1-3H3,(H,12,16). The van der Waals surface area contributed by atoms with E-state index in [1.165, 1.54) is 7.11 Å². The molecule has 0 aliphatic heterocycles. The average Bonchev–Trinajstić information content (AvgIpc) is 2.69. The van der Waals surface area contributed by atoms with Gasteiger partial charge in [-0.25, -0.2) is 14.3 Å². The van der Waals surface area contributed by atoms with Crippen LogP contribution in [0.1, 0.15) is 17.0 Å². The van der Waals surface area contributed by atoms with E-state index in [1.54, 1.807) is 10.7 Å². The molecule has 0 radical (unpaired) electrons. The van der Waals surface area contributed by atoms with Crippen molar-refractivity contribution in [3.05, 3.63) is 29.2 Å². The van der Waals surface area contributed by atoms with Gasteiger partial charge >= 0.3 is 6.09 Å². The van der Waals surface area contributed by atoms with Crippen LogP contribution in [0.3, 0.4) is 0 Å². The van der Waals surface area contributed by atoms with E-state index < -0.39 is 6.09 Å². The van der Waals surface area contributed by atoms with E-state index in [0.717, 1.165) is 22.6 Å². The number of rotatable bonds is 2. The Kier molecular flexibility index (Phi) is 2.95. The van der Waals surface area contributed by atoms with Crippen molar-refractivity contribution in [2.75, 3.05) is 7.11 Å². The highest BCUT2D eigenvalue weighted by Crippen LogP contribution is 2.11. The Bertz CT molecular complexity index is 562. The Morgan fingerprint density at radius 1 is 1.53 bits per heavy atom. The van der Waals surface area contributed by atoms with Gasteiger partial charge in [-0.2, -0.15) is 5.10 Å². The number of hydrogen-bond donors (Lipinski definition) is 1. The lowest BCUT2D eigenvalue weighted by molar-refractivity contribution is 0.170. The molecule has 1 N–H and O–H groups in total. The van der Waals surface area contributed by atoms with E-state index in [9.17, 15) is 4.79 Å². The number of aromatic nitrogens is 3. The molecular weight excluding hydrogens is 220 g/mol. The fraction of sp³-hybridized carbons (Fsp3) is 0.364. The minimum atomic E-state index is -0.464. The van der Waals surface area contributed by atoms with E-state index in [-0.39, 0.29) is 0 Å². The van der Waals surface area contributed by atoms with Crippen molar-refractivity contribution < 1.29 is 9.53 Å². The number of ether oxygens (including phenoxy) is 1. The second-order valence-corrected chi connectivity index (χ2v) is 3.79. The first-order valence-corrected chi connectivity index (χ1v) is 5.24. The number of aryl methyl sites for hydroxylation is 2. The smallest absolute Gasteiger partial charge is 0.407 e. The number of alkyl carbamates (subject to hydrolysis) is 1. The normalized spacial score (nSPS) is 10.5. The number of amides is 1. The van der Waals surface area contributed by atoms with Gasteiger partial charge in [0.15, 0.2) is 5.65 Å². The Morgan fingerprint density at radius 2 is 2.29 bits per heavy atom. The molecule has 0 fully saturated rings. The molecule has 0 bridgehead atoms. The van der Waals surface area contributed by atoms with Crippen molar-refractivity contribution in [3.8, 4) is 0 Å². The first-order chi connectivity index (χ1) is 8.11. The molecule has 17 heavy (non-hydrogen) atoms. The maximum absolute atomic E-state index is 11.0. The predicted octanol–water partition coefficient (Wildman–Crippen LogP) is 1.20. The zero-order valence-electron chi connectivity index (χ0n) is 10.0. The lowest BCUT2D eigenvalue weighted by atomic mass is 10.3. The van der Waals surface area contributed by atoms with E-state index in [0.29, 0.717) is 6.54 Å². The highest BCUT2D eigenvalue weighted by Gasteiger charge is 2.09. The van der Waals surface area contributed by atoms with Gasteiger partial charge in [0.05, 0.1) is 19.9 Å². The Morgan fingerprint density at radius 3 is 3.00 bits per heavy atom. The summed E-state index contributed by atoms with van der Waals surface area (Å²) in [5.74, 6) is 0. The van der Waals surface area contributed by atoms with Gasteiger partial charge in [-0.1, -0.05) is 0 Å². The van der Waals surface area contributed by atoms with Gasteiger partial charge < -0.3 is 10.1 Å². The zero-order valence-corrected chi connectivity index (χ0v) is 10.0. The summed E-state index contributed by atoms with van der Waals surface area (Å²) in [4.78, 5) is 15.4. The molecule has 0 saturated carbocycles. The minimum absolute atomic E-state index is 0.353. The summed E-state index contributed by atoms with van der Waals surface area (Å²) in [6.07, 6.45) is 1.23. The molecule has 0 saturated heterocycles. The number of carbonyl (C=O) groups is 1. The third-order valence-electron chi connectivity index (χ3n) is 2.46. The molecular formula is C11H14N4O2. The van der Waals surface area contributed by atoms with Crippen molar-refractivity contribution >= 4 is 11.7 Å². The van der Waals surface area contributed by atoms with Crippen molar-refractivity contribution in [2.24, 2.45) is 0 Å². The molecule has 2 aromatic rings. The molecule has 6 heteroatoms. The van der Waals surface area contributed by atoms with Gasteiger partial charge in [-0.15, -0.1) is 0 Å². The van der Waals surface area contributed by atoms with Crippen LogP contribution < -0.4 is 5.32 Å². The van der Waals surface area contributed by atoms with Crippen LogP contribution in [-0.4, -0.2) is 27.8 Å². The quantitative estimate of drug-likeness (QED) is 0.847. The molecule has 0 spiro atoms. The van der Waals surface area contributed by atoms with Gasteiger partial charge in [0.1, 0.15) is 0 Å². The number of fused-ring (bicyclic) bond motifs is 1. The van der Waals surface area contributed by atoms with Crippen LogP contribution in [-0.2, 0) is 11.3 Å². The molecule has 2 aromatic heterocycles. The number of methoxy groups -OCH3 is 1. The van der Waals surface area contributed by atoms with E-state index in [4.69, 9.17) is 0 Å². The maximum atomic E-state index is 11.0. The maximum Gasteiger partial charge on any atom is 0.407 e. The zero-order chi connectivity index (χ0) is 12.4. The first kappa shape index (κ1) is 11.4. The number of nitrogens with one attached hydrogen (secondary N) is 1. The van der Waals surface area contributed by atoms with Crippen LogP contribution in [0.15, 0.2) is 12.3 Å².